The highest BCUT2D eigenvalue weighted by molar-refractivity contribution is 5.80. The second kappa shape index (κ2) is 5.17. The fraction of sp³-hybridized carbons (Fsp3) is 0.667. The highest BCUT2D eigenvalue weighted by Gasteiger charge is 2.29. The number of carbonyl (C=O) groups excluding carboxylic acids is 1. The second-order valence-electron chi connectivity index (χ2n) is 5.68. The maximum atomic E-state index is 11.5. The Bertz CT molecular complexity index is 442. The van der Waals surface area contributed by atoms with Crippen molar-refractivity contribution in [3.05, 3.63) is 23.0 Å². The number of rotatable bonds is 5. The van der Waals surface area contributed by atoms with Crippen LogP contribution in [0.5, 0.6) is 0 Å². The molecule has 100 valence electrons. The van der Waals surface area contributed by atoms with Crippen molar-refractivity contribution >= 4 is 5.91 Å². The molecular formula is C15H24N2O. The molecule has 1 aromatic heterocycles. The molecule has 0 unspecified atom stereocenters. The first-order chi connectivity index (χ1) is 8.50. The number of hydrogen-bond donors (Lipinski definition) is 1. The summed E-state index contributed by atoms with van der Waals surface area (Å²) >= 11 is 0. The van der Waals surface area contributed by atoms with Crippen LogP contribution in [-0.4, -0.2) is 17.0 Å². The first-order valence-corrected chi connectivity index (χ1v) is 6.95. The maximum Gasteiger partial charge on any atom is 0.223 e. The minimum Gasteiger partial charge on any atom is -0.356 e. The molecule has 0 aliphatic heterocycles. The third-order valence-electron chi connectivity index (χ3n) is 3.75. The van der Waals surface area contributed by atoms with E-state index in [0.717, 1.165) is 25.8 Å². The van der Waals surface area contributed by atoms with Crippen molar-refractivity contribution in [3.63, 3.8) is 0 Å². The number of amides is 1. The van der Waals surface area contributed by atoms with E-state index in [4.69, 9.17) is 0 Å². The third-order valence-corrected chi connectivity index (χ3v) is 3.75. The molecule has 18 heavy (non-hydrogen) atoms. The molecule has 0 bridgehead atoms. The van der Waals surface area contributed by atoms with Crippen LogP contribution < -0.4 is 5.32 Å². The van der Waals surface area contributed by atoms with Gasteiger partial charge in [-0.15, -0.1) is 0 Å². The molecule has 0 aromatic carbocycles. The van der Waals surface area contributed by atoms with Crippen LogP contribution in [0.2, 0.25) is 0 Å². The molecule has 1 fully saturated rings. The summed E-state index contributed by atoms with van der Waals surface area (Å²) in [5.74, 6) is 0.556. The topological polar surface area (TPSA) is 34.0 Å². The average Bonchev–Trinajstić information content (AvgIpc) is 3.07. The molecule has 1 saturated carbocycles. The smallest absolute Gasteiger partial charge is 0.223 e. The maximum absolute atomic E-state index is 11.5. The van der Waals surface area contributed by atoms with E-state index in [9.17, 15) is 4.79 Å². The van der Waals surface area contributed by atoms with Crippen LogP contribution in [0.4, 0.5) is 0 Å². The highest BCUT2D eigenvalue weighted by Crippen LogP contribution is 2.28. The predicted molar refractivity (Wildman–Crippen MR) is 73.7 cm³/mol. The Morgan fingerprint density at radius 3 is 2.61 bits per heavy atom. The molecule has 1 amide bonds. The van der Waals surface area contributed by atoms with E-state index in [1.54, 1.807) is 0 Å². The minimum absolute atomic E-state index is 0.243. The van der Waals surface area contributed by atoms with Gasteiger partial charge in [-0.3, -0.25) is 4.79 Å². The lowest BCUT2D eigenvalue weighted by atomic mass is 10.2. The van der Waals surface area contributed by atoms with Gasteiger partial charge in [0.05, 0.1) is 0 Å². The lowest BCUT2D eigenvalue weighted by Gasteiger charge is -2.13. The van der Waals surface area contributed by atoms with Crippen LogP contribution in [0, 0.1) is 19.8 Å². The Morgan fingerprint density at radius 1 is 1.44 bits per heavy atom. The molecule has 0 saturated heterocycles. The monoisotopic (exact) mass is 248 g/mol. The fourth-order valence-electron chi connectivity index (χ4n) is 2.70. The van der Waals surface area contributed by atoms with Crippen molar-refractivity contribution < 1.29 is 4.79 Å². The number of nitrogens with one attached hydrogen (secondary N) is 1. The van der Waals surface area contributed by atoms with Crippen molar-refractivity contribution in [2.45, 2.75) is 53.0 Å². The lowest BCUT2D eigenvalue weighted by molar-refractivity contribution is -0.122. The van der Waals surface area contributed by atoms with Gasteiger partial charge in [-0.25, -0.2) is 0 Å². The Morgan fingerprint density at radius 2 is 2.11 bits per heavy atom. The summed E-state index contributed by atoms with van der Waals surface area (Å²) in [7, 11) is 0. The van der Waals surface area contributed by atoms with E-state index in [1.165, 1.54) is 17.0 Å². The summed E-state index contributed by atoms with van der Waals surface area (Å²) in [4.78, 5) is 11.5. The van der Waals surface area contributed by atoms with E-state index in [2.05, 4.69) is 43.6 Å². The van der Waals surface area contributed by atoms with Crippen LogP contribution in [0.3, 0.4) is 0 Å². The van der Waals surface area contributed by atoms with Crippen molar-refractivity contribution in [2.24, 2.45) is 5.92 Å². The molecule has 1 heterocycles. The molecule has 1 N–H and O–H groups in total. The van der Waals surface area contributed by atoms with Crippen LogP contribution in [0.1, 0.15) is 49.7 Å². The normalized spacial score (nSPS) is 15.2. The molecule has 2 rings (SSSR count). The van der Waals surface area contributed by atoms with Gasteiger partial charge < -0.3 is 9.88 Å². The van der Waals surface area contributed by atoms with Gasteiger partial charge in [0, 0.05) is 29.9 Å². The van der Waals surface area contributed by atoms with Crippen molar-refractivity contribution in [3.8, 4) is 0 Å². The Hall–Kier alpha value is -1.25. The molecule has 3 nitrogen and oxygen atoms in total. The molecule has 1 aliphatic rings. The number of nitrogens with zero attached hydrogens (tertiary/aromatic N) is 1. The summed E-state index contributed by atoms with van der Waals surface area (Å²) in [6.45, 7) is 9.50. The fourth-order valence-corrected chi connectivity index (χ4v) is 2.70. The van der Waals surface area contributed by atoms with Gasteiger partial charge in [-0.05, 0) is 58.6 Å². The van der Waals surface area contributed by atoms with Gasteiger partial charge in [0.25, 0.3) is 0 Å². The molecule has 0 spiro atoms. The summed E-state index contributed by atoms with van der Waals surface area (Å²) in [6, 6.07) is 2.75. The third kappa shape index (κ3) is 2.77. The van der Waals surface area contributed by atoms with E-state index < -0.39 is 0 Å². The SMILES string of the molecule is Cc1cc(CCNC(=O)C2CC2)c(C)n1C(C)C. The largest absolute Gasteiger partial charge is 0.356 e. The standard InChI is InChI=1S/C15H24N2O/c1-10(2)17-11(3)9-14(12(17)4)7-8-16-15(18)13-5-6-13/h9-10,13H,5-8H2,1-4H3,(H,16,18). The molecule has 1 aliphatic carbocycles. The van der Waals surface area contributed by atoms with E-state index in [-0.39, 0.29) is 5.91 Å². The van der Waals surface area contributed by atoms with Crippen molar-refractivity contribution in [1.82, 2.24) is 9.88 Å². The molecular weight excluding hydrogens is 224 g/mol. The van der Waals surface area contributed by atoms with Gasteiger partial charge in [0.15, 0.2) is 0 Å². The molecule has 1 aromatic rings. The van der Waals surface area contributed by atoms with Gasteiger partial charge in [0.2, 0.25) is 5.91 Å². The summed E-state index contributed by atoms with van der Waals surface area (Å²) in [5, 5.41) is 3.03. The van der Waals surface area contributed by atoms with E-state index in [0.29, 0.717) is 12.0 Å². The quantitative estimate of drug-likeness (QED) is 0.854. The van der Waals surface area contributed by atoms with Gasteiger partial charge >= 0.3 is 0 Å². The molecule has 0 radical (unpaired) electrons. The average molecular weight is 248 g/mol. The van der Waals surface area contributed by atoms with Crippen LogP contribution in [0.15, 0.2) is 6.07 Å². The number of carbonyl (C=O) groups is 1. The number of aryl methyl sites for hydroxylation is 1. The summed E-state index contributed by atoms with van der Waals surface area (Å²) in [6.07, 6.45) is 3.09. The van der Waals surface area contributed by atoms with Gasteiger partial charge in [-0.2, -0.15) is 0 Å². The second-order valence-corrected chi connectivity index (χ2v) is 5.68. The summed E-state index contributed by atoms with van der Waals surface area (Å²) in [5.41, 5.74) is 4.01. The van der Waals surface area contributed by atoms with E-state index in [1.807, 2.05) is 0 Å². The zero-order valence-corrected chi connectivity index (χ0v) is 11.9. The first-order valence-electron chi connectivity index (χ1n) is 6.95. The molecule has 3 heteroatoms. The van der Waals surface area contributed by atoms with Crippen LogP contribution >= 0.6 is 0 Å². The zero-order chi connectivity index (χ0) is 13.3. The summed E-state index contributed by atoms with van der Waals surface area (Å²) < 4.78 is 2.36. The predicted octanol–water partition coefficient (Wildman–Crippen LogP) is 2.75. The van der Waals surface area contributed by atoms with Crippen LogP contribution in [-0.2, 0) is 11.2 Å². The van der Waals surface area contributed by atoms with Gasteiger partial charge in [-0.1, -0.05) is 0 Å². The Labute approximate surface area is 110 Å². The number of aromatic nitrogens is 1. The minimum atomic E-state index is 0.243. The van der Waals surface area contributed by atoms with Crippen LogP contribution in [0.25, 0.3) is 0 Å². The number of hydrogen-bond acceptors (Lipinski definition) is 1. The van der Waals surface area contributed by atoms with E-state index >= 15 is 0 Å². The van der Waals surface area contributed by atoms with Gasteiger partial charge in [0.1, 0.15) is 0 Å². The first kappa shape index (κ1) is 13.2. The Kier molecular flexibility index (Phi) is 3.79. The molecule has 0 atom stereocenters. The highest BCUT2D eigenvalue weighted by atomic mass is 16.2. The Balaban J connectivity index is 1.92. The van der Waals surface area contributed by atoms with Crippen molar-refractivity contribution in [2.75, 3.05) is 6.54 Å². The van der Waals surface area contributed by atoms with Crippen molar-refractivity contribution in [1.29, 1.82) is 0 Å². The zero-order valence-electron chi connectivity index (χ0n) is 11.9. The lowest BCUT2D eigenvalue weighted by Crippen LogP contribution is -2.27.